The molecule has 0 aliphatic carbocycles. The van der Waals surface area contributed by atoms with Crippen LogP contribution in [0, 0.1) is 5.92 Å². The Labute approximate surface area is 180 Å². The van der Waals surface area contributed by atoms with Crippen molar-refractivity contribution < 1.29 is 19.1 Å². The first-order chi connectivity index (χ1) is 14.3. The largest absolute Gasteiger partial charge is 0.378 e. The van der Waals surface area contributed by atoms with Gasteiger partial charge in [-0.05, 0) is 46.8 Å². The zero-order valence-corrected chi connectivity index (χ0v) is 19.0. The molecular weight excluding hydrogens is 384 g/mol. The highest BCUT2D eigenvalue weighted by atomic mass is 16.5. The van der Waals surface area contributed by atoms with E-state index in [-0.39, 0.29) is 24.1 Å². The number of carbonyl (C=O) groups is 3. The average Bonchev–Trinajstić information content (AvgIpc) is 2.73. The van der Waals surface area contributed by atoms with Gasteiger partial charge in [-0.15, -0.1) is 0 Å². The van der Waals surface area contributed by atoms with E-state index in [4.69, 9.17) is 4.74 Å². The van der Waals surface area contributed by atoms with E-state index in [1.807, 2.05) is 21.0 Å². The number of hydrogen-bond donors (Lipinski definition) is 1. The first kappa shape index (κ1) is 24.3. The van der Waals surface area contributed by atoms with Gasteiger partial charge in [-0.2, -0.15) is 0 Å². The normalized spacial score (nSPS) is 20.2. The number of nitrogens with zero attached hydrogens (tertiary/aromatic N) is 3. The van der Waals surface area contributed by atoms with Crippen LogP contribution in [0.15, 0.2) is 11.3 Å². The van der Waals surface area contributed by atoms with Crippen LogP contribution in [0.5, 0.6) is 0 Å². The molecule has 2 aliphatic heterocycles. The second kappa shape index (κ2) is 12.1. The minimum absolute atomic E-state index is 0.0267. The molecular formula is C22H38N4O4. The first-order valence-electron chi connectivity index (χ1n) is 11.1. The number of rotatable bonds is 10. The average molecular weight is 423 g/mol. The Morgan fingerprint density at radius 1 is 1.20 bits per heavy atom. The van der Waals surface area contributed by atoms with Crippen LogP contribution in [-0.2, 0) is 19.1 Å². The van der Waals surface area contributed by atoms with Gasteiger partial charge in [0.05, 0.1) is 19.1 Å². The smallest absolute Gasteiger partial charge is 0.251 e. The Kier molecular flexibility index (Phi) is 9.78. The van der Waals surface area contributed by atoms with Gasteiger partial charge in [0.1, 0.15) is 0 Å². The number of unbranched alkanes of at least 4 members (excludes halogenated alkanes) is 1. The molecule has 2 rings (SSSR count). The third-order valence-corrected chi connectivity index (χ3v) is 5.74. The number of amides is 3. The monoisotopic (exact) mass is 422 g/mol. The predicted octanol–water partition coefficient (Wildman–Crippen LogP) is 1.23. The van der Waals surface area contributed by atoms with Gasteiger partial charge in [0.25, 0.3) is 5.91 Å². The highest BCUT2D eigenvalue weighted by molar-refractivity contribution is 5.98. The second-order valence-electron chi connectivity index (χ2n) is 8.42. The molecule has 0 aromatic carbocycles. The third kappa shape index (κ3) is 6.80. The Bertz CT molecular complexity index is 641. The zero-order chi connectivity index (χ0) is 22.1. The Balaban J connectivity index is 2.08. The van der Waals surface area contributed by atoms with E-state index in [0.717, 1.165) is 31.5 Å². The lowest BCUT2D eigenvalue weighted by Crippen LogP contribution is -2.47. The molecule has 3 amide bonds. The maximum Gasteiger partial charge on any atom is 0.251 e. The number of morpholine rings is 1. The minimum atomic E-state index is -0.487. The summed E-state index contributed by atoms with van der Waals surface area (Å²) in [5.74, 6) is -0.677. The summed E-state index contributed by atoms with van der Waals surface area (Å²) >= 11 is 0. The van der Waals surface area contributed by atoms with E-state index in [9.17, 15) is 14.4 Å². The van der Waals surface area contributed by atoms with Crippen molar-refractivity contribution in [2.45, 2.75) is 46.0 Å². The van der Waals surface area contributed by atoms with Gasteiger partial charge in [0.2, 0.25) is 11.8 Å². The van der Waals surface area contributed by atoms with E-state index in [1.54, 1.807) is 9.80 Å². The quantitative estimate of drug-likeness (QED) is 0.536. The summed E-state index contributed by atoms with van der Waals surface area (Å²) in [6, 6.07) is 0. The summed E-state index contributed by atoms with van der Waals surface area (Å²) in [6.45, 7) is 8.21. The fourth-order valence-corrected chi connectivity index (χ4v) is 3.90. The van der Waals surface area contributed by atoms with E-state index in [1.165, 1.54) is 0 Å². The summed E-state index contributed by atoms with van der Waals surface area (Å²) in [6.07, 6.45) is 3.14. The third-order valence-electron chi connectivity index (χ3n) is 5.74. The molecule has 1 fully saturated rings. The van der Waals surface area contributed by atoms with Crippen LogP contribution in [0.1, 0.15) is 46.0 Å². The summed E-state index contributed by atoms with van der Waals surface area (Å²) < 4.78 is 5.36. The molecule has 1 N–H and O–H groups in total. The van der Waals surface area contributed by atoms with E-state index >= 15 is 0 Å². The van der Waals surface area contributed by atoms with Crippen LogP contribution < -0.4 is 5.32 Å². The van der Waals surface area contributed by atoms with E-state index in [2.05, 4.69) is 17.1 Å². The van der Waals surface area contributed by atoms with Gasteiger partial charge >= 0.3 is 0 Å². The molecule has 1 unspecified atom stereocenters. The summed E-state index contributed by atoms with van der Waals surface area (Å²) in [4.78, 5) is 44.3. The lowest BCUT2D eigenvalue weighted by molar-refractivity contribution is -0.139. The topological polar surface area (TPSA) is 82.2 Å². The van der Waals surface area contributed by atoms with Crippen molar-refractivity contribution in [1.82, 2.24) is 20.0 Å². The van der Waals surface area contributed by atoms with Crippen molar-refractivity contribution in [2.75, 3.05) is 60.0 Å². The van der Waals surface area contributed by atoms with Gasteiger partial charge in [0.15, 0.2) is 0 Å². The highest BCUT2D eigenvalue weighted by Crippen LogP contribution is 2.31. The van der Waals surface area contributed by atoms with Crippen molar-refractivity contribution in [3.63, 3.8) is 0 Å². The Morgan fingerprint density at radius 2 is 1.90 bits per heavy atom. The van der Waals surface area contributed by atoms with Crippen molar-refractivity contribution in [3.8, 4) is 0 Å². The molecule has 0 aromatic rings. The molecule has 8 heteroatoms. The molecule has 170 valence electrons. The number of carbonyl (C=O) groups excluding carboxylic acids is 3. The number of hydrogen-bond acceptors (Lipinski definition) is 5. The van der Waals surface area contributed by atoms with Crippen molar-refractivity contribution in [1.29, 1.82) is 0 Å². The van der Waals surface area contributed by atoms with Gasteiger partial charge in [0, 0.05) is 43.9 Å². The fourth-order valence-electron chi connectivity index (χ4n) is 3.90. The Morgan fingerprint density at radius 3 is 2.53 bits per heavy atom. The van der Waals surface area contributed by atoms with Crippen LogP contribution in [0.2, 0.25) is 0 Å². The summed E-state index contributed by atoms with van der Waals surface area (Å²) in [7, 11) is 3.99. The van der Waals surface area contributed by atoms with Gasteiger partial charge in [-0.3, -0.25) is 14.4 Å². The van der Waals surface area contributed by atoms with Gasteiger partial charge < -0.3 is 24.8 Å². The summed E-state index contributed by atoms with van der Waals surface area (Å²) in [5.41, 5.74) is 1.41. The highest BCUT2D eigenvalue weighted by Gasteiger charge is 2.37. The van der Waals surface area contributed by atoms with Crippen molar-refractivity contribution in [3.05, 3.63) is 11.3 Å². The molecule has 1 saturated heterocycles. The molecule has 8 nitrogen and oxygen atoms in total. The molecule has 0 radical (unpaired) electrons. The molecule has 0 saturated carbocycles. The molecule has 0 bridgehead atoms. The summed E-state index contributed by atoms with van der Waals surface area (Å²) in [5, 5.41) is 2.92. The van der Waals surface area contributed by atoms with Crippen LogP contribution in [0.3, 0.4) is 0 Å². The zero-order valence-electron chi connectivity index (χ0n) is 19.0. The number of allylic oxidation sites excluding steroid dienone is 1. The van der Waals surface area contributed by atoms with Crippen LogP contribution >= 0.6 is 0 Å². The lowest BCUT2D eigenvalue weighted by atomic mass is 9.88. The predicted molar refractivity (Wildman–Crippen MR) is 116 cm³/mol. The molecule has 2 heterocycles. The maximum absolute atomic E-state index is 13.2. The minimum Gasteiger partial charge on any atom is -0.378 e. The van der Waals surface area contributed by atoms with Crippen molar-refractivity contribution in [2.24, 2.45) is 5.92 Å². The van der Waals surface area contributed by atoms with Gasteiger partial charge in [-0.25, -0.2) is 0 Å². The lowest BCUT2D eigenvalue weighted by Gasteiger charge is -2.37. The standard InChI is InChI=1S/C22H38N4O4/c1-5-6-10-26-17(2)19(22(29)25-11-13-30-14-12-25)15-18(21(26)28)16-20(27)23-8-7-9-24(3)4/h18H,5-16H2,1-4H3,(H,23,27). The molecule has 30 heavy (non-hydrogen) atoms. The second-order valence-corrected chi connectivity index (χ2v) is 8.42. The number of ether oxygens (including phenoxy) is 1. The van der Waals surface area contributed by atoms with E-state index < -0.39 is 5.92 Å². The Hall–Kier alpha value is -1.93. The van der Waals surface area contributed by atoms with Crippen LogP contribution in [0.4, 0.5) is 0 Å². The molecule has 2 aliphatic rings. The van der Waals surface area contributed by atoms with Gasteiger partial charge in [-0.1, -0.05) is 13.3 Å². The molecule has 1 atom stereocenters. The first-order valence-corrected chi connectivity index (χ1v) is 11.1. The van der Waals surface area contributed by atoms with Crippen LogP contribution in [0.25, 0.3) is 0 Å². The maximum atomic E-state index is 13.2. The fraction of sp³-hybridized carbons (Fsp3) is 0.773. The number of nitrogens with one attached hydrogen (secondary N) is 1. The van der Waals surface area contributed by atoms with Crippen LogP contribution in [-0.4, -0.2) is 92.5 Å². The molecule has 0 aromatic heterocycles. The molecule has 0 spiro atoms. The SMILES string of the molecule is CCCCN1C(=O)C(CC(=O)NCCCN(C)C)CC(C(=O)N2CCOCC2)=C1C. The van der Waals surface area contributed by atoms with E-state index in [0.29, 0.717) is 51.4 Å². The van der Waals surface area contributed by atoms with Crippen molar-refractivity contribution >= 4 is 17.7 Å².